The molecule has 5 heteroatoms. The summed E-state index contributed by atoms with van der Waals surface area (Å²) in [4.78, 5) is 13.7. The maximum Gasteiger partial charge on any atom is 0.257 e. The van der Waals surface area contributed by atoms with Gasteiger partial charge in [0.05, 0.1) is 25.9 Å². The number of methoxy groups -OCH3 is 2. The fourth-order valence-electron chi connectivity index (χ4n) is 1.85. The summed E-state index contributed by atoms with van der Waals surface area (Å²) in [7, 11) is 3.03. The van der Waals surface area contributed by atoms with E-state index in [9.17, 15) is 9.90 Å². The van der Waals surface area contributed by atoms with E-state index >= 15 is 0 Å². The van der Waals surface area contributed by atoms with Crippen molar-refractivity contribution in [3.8, 4) is 11.5 Å². The van der Waals surface area contributed by atoms with E-state index in [1.165, 1.54) is 14.2 Å². The fourth-order valence-corrected chi connectivity index (χ4v) is 1.85. The molecule has 0 radical (unpaired) electrons. The van der Waals surface area contributed by atoms with Gasteiger partial charge in [-0.05, 0) is 12.1 Å². The third-order valence-corrected chi connectivity index (χ3v) is 2.78. The Morgan fingerprint density at radius 3 is 2.59 bits per heavy atom. The van der Waals surface area contributed by atoms with Gasteiger partial charge in [0.1, 0.15) is 0 Å². The van der Waals surface area contributed by atoms with Crippen LogP contribution in [0.15, 0.2) is 18.2 Å². The van der Waals surface area contributed by atoms with Crippen molar-refractivity contribution in [2.75, 3.05) is 27.3 Å². The standard InChI is InChI=1S/C12H15NO4/c1-16-10-5-3-4-9(11(10)17-2)12(15)13-6-8(14)7-13/h3-5,8,14H,6-7H2,1-2H3. The minimum absolute atomic E-state index is 0.147. The number of aliphatic hydroxyl groups excluding tert-OH is 1. The van der Waals surface area contributed by atoms with Crippen molar-refractivity contribution in [2.45, 2.75) is 6.10 Å². The summed E-state index contributed by atoms with van der Waals surface area (Å²) in [5.74, 6) is 0.812. The first kappa shape index (κ1) is 11.7. The molecule has 0 bridgehead atoms. The largest absolute Gasteiger partial charge is 0.493 e. The number of rotatable bonds is 3. The van der Waals surface area contributed by atoms with Crippen molar-refractivity contribution in [2.24, 2.45) is 0 Å². The molecule has 0 aliphatic carbocycles. The second-order valence-corrected chi connectivity index (χ2v) is 3.91. The first-order valence-corrected chi connectivity index (χ1v) is 5.35. The zero-order valence-electron chi connectivity index (χ0n) is 9.84. The molecule has 1 aliphatic rings. The number of β-amino-alcohol motifs (C(OH)–C–C–N with tert-alkyl or cyclic N) is 1. The van der Waals surface area contributed by atoms with Gasteiger partial charge >= 0.3 is 0 Å². The van der Waals surface area contributed by atoms with Crippen LogP contribution in [0.1, 0.15) is 10.4 Å². The maximum absolute atomic E-state index is 12.1. The van der Waals surface area contributed by atoms with Gasteiger partial charge in [-0.2, -0.15) is 0 Å². The van der Waals surface area contributed by atoms with Gasteiger partial charge in [-0.1, -0.05) is 6.07 Å². The molecule has 1 saturated heterocycles. The smallest absolute Gasteiger partial charge is 0.257 e. The molecule has 0 aromatic heterocycles. The number of carbonyl (C=O) groups excluding carboxylic acids is 1. The minimum Gasteiger partial charge on any atom is -0.493 e. The number of hydrogen-bond acceptors (Lipinski definition) is 4. The Hall–Kier alpha value is -1.75. The quantitative estimate of drug-likeness (QED) is 0.832. The van der Waals surface area contributed by atoms with Crippen LogP contribution in [-0.2, 0) is 0 Å². The molecule has 17 heavy (non-hydrogen) atoms. The third-order valence-electron chi connectivity index (χ3n) is 2.78. The van der Waals surface area contributed by atoms with Gasteiger partial charge in [0.25, 0.3) is 5.91 Å². The monoisotopic (exact) mass is 237 g/mol. The summed E-state index contributed by atoms with van der Waals surface area (Å²) in [5, 5.41) is 9.19. The van der Waals surface area contributed by atoms with Crippen LogP contribution in [0.3, 0.4) is 0 Å². The first-order valence-electron chi connectivity index (χ1n) is 5.35. The van der Waals surface area contributed by atoms with Crippen molar-refractivity contribution in [1.29, 1.82) is 0 Å². The number of para-hydroxylation sites is 1. The number of aliphatic hydroxyl groups is 1. The summed E-state index contributed by atoms with van der Waals surface area (Å²) in [6, 6.07) is 5.17. The molecular formula is C12H15NO4. The van der Waals surface area contributed by atoms with Crippen molar-refractivity contribution in [1.82, 2.24) is 4.90 Å². The van der Waals surface area contributed by atoms with Gasteiger partial charge in [-0.3, -0.25) is 4.79 Å². The van der Waals surface area contributed by atoms with Gasteiger partial charge in [-0.25, -0.2) is 0 Å². The molecule has 1 fully saturated rings. The van der Waals surface area contributed by atoms with Crippen molar-refractivity contribution in [3.05, 3.63) is 23.8 Å². The van der Waals surface area contributed by atoms with Gasteiger partial charge in [0.2, 0.25) is 0 Å². The molecule has 0 unspecified atom stereocenters. The lowest BCUT2D eigenvalue weighted by Crippen LogP contribution is -2.53. The lowest BCUT2D eigenvalue weighted by molar-refractivity contribution is 0.00567. The minimum atomic E-state index is -0.407. The van der Waals surface area contributed by atoms with Gasteiger partial charge < -0.3 is 19.5 Å². The second kappa shape index (κ2) is 4.63. The maximum atomic E-state index is 12.1. The van der Waals surface area contributed by atoms with Gasteiger partial charge in [0, 0.05) is 13.1 Å². The Labute approximate surface area is 99.6 Å². The Balaban J connectivity index is 2.28. The number of likely N-dealkylation sites (tertiary alicyclic amines) is 1. The average Bonchev–Trinajstić information content (AvgIpc) is 2.33. The Morgan fingerprint density at radius 2 is 2.06 bits per heavy atom. The molecule has 1 aliphatic heterocycles. The van der Waals surface area contributed by atoms with Crippen LogP contribution in [0.5, 0.6) is 11.5 Å². The highest BCUT2D eigenvalue weighted by Gasteiger charge is 2.31. The van der Waals surface area contributed by atoms with Crippen LogP contribution < -0.4 is 9.47 Å². The lowest BCUT2D eigenvalue weighted by Gasteiger charge is -2.36. The molecule has 0 saturated carbocycles. The SMILES string of the molecule is COc1cccc(C(=O)N2CC(O)C2)c1OC. The highest BCUT2D eigenvalue weighted by atomic mass is 16.5. The zero-order valence-corrected chi connectivity index (χ0v) is 9.84. The Kier molecular flexibility index (Phi) is 3.19. The topological polar surface area (TPSA) is 59.0 Å². The van der Waals surface area contributed by atoms with Crippen LogP contribution in [0.2, 0.25) is 0 Å². The van der Waals surface area contributed by atoms with Crippen LogP contribution in [0, 0.1) is 0 Å². The number of carbonyl (C=O) groups is 1. The Morgan fingerprint density at radius 1 is 1.35 bits per heavy atom. The van der Waals surface area contributed by atoms with E-state index in [0.29, 0.717) is 30.2 Å². The summed E-state index contributed by atoms with van der Waals surface area (Å²) in [6.07, 6.45) is -0.407. The van der Waals surface area contributed by atoms with Gasteiger partial charge in [-0.15, -0.1) is 0 Å². The van der Waals surface area contributed by atoms with E-state index in [1.807, 2.05) is 0 Å². The summed E-state index contributed by atoms with van der Waals surface area (Å²) >= 11 is 0. The predicted molar refractivity (Wildman–Crippen MR) is 61.5 cm³/mol. The zero-order chi connectivity index (χ0) is 12.4. The van der Waals surface area contributed by atoms with E-state index in [2.05, 4.69) is 0 Å². The summed E-state index contributed by atoms with van der Waals surface area (Å²) < 4.78 is 10.3. The van der Waals surface area contributed by atoms with Crippen molar-refractivity contribution < 1.29 is 19.4 Å². The van der Waals surface area contributed by atoms with E-state index < -0.39 is 6.10 Å². The number of benzene rings is 1. The summed E-state index contributed by atoms with van der Waals surface area (Å²) in [5.41, 5.74) is 0.457. The molecule has 1 aromatic carbocycles. The third kappa shape index (κ3) is 2.06. The Bertz CT molecular complexity index is 427. The molecule has 1 aromatic rings. The van der Waals surface area contributed by atoms with E-state index in [1.54, 1.807) is 23.1 Å². The molecule has 2 rings (SSSR count). The predicted octanol–water partition coefficient (Wildman–Crippen LogP) is 0.520. The second-order valence-electron chi connectivity index (χ2n) is 3.91. The van der Waals surface area contributed by atoms with Crippen LogP contribution in [-0.4, -0.2) is 49.3 Å². The molecule has 92 valence electrons. The number of nitrogens with zero attached hydrogens (tertiary/aromatic N) is 1. The molecule has 0 spiro atoms. The van der Waals surface area contributed by atoms with Crippen LogP contribution in [0.4, 0.5) is 0 Å². The summed E-state index contributed by atoms with van der Waals surface area (Å²) in [6.45, 7) is 0.748. The molecule has 1 heterocycles. The molecule has 1 N–H and O–H groups in total. The van der Waals surface area contributed by atoms with E-state index in [0.717, 1.165) is 0 Å². The first-order chi connectivity index (χ1) is 8.17. The van der Waals surface area contributed by atoms with Crippen molar-refractivity contribution >= 4 is 5.91 Å². The highest BCUT2D eigenvalue weighted by Crippen LogP contribution is 2.32. The fraction of sp³-hybridized carbons (Fsp3) is 0.417. The highest BCUT2D eigenvalue weighted by molar-refractivity contribution is 5.98. The molecule has 0 atom stereocenters. The number of ether oxygens (including phenoxy) is 2. The van der Waals surface area contributed by atoms with E-state index in [4.69, 9.17) is 9.47 Å². The van der Waals surface area contributed by atoms with Crippen LogP contribution in [0.25, 0.3) is 0 Å². The molecular weight excluding hydrogens is 222 g/mol. The number of hydrogen-bond donors (Lipinski definition) is 1. The van der Waals surface area contributed by atoms with Gasteiger partial charge in [0.15, 0.2) is 11.5 Å². The molecule has 1 amide bonds. The molecule has 5 nitrogen and oxygen atoms in total. The van der Waals surface area contributed by atoms with Crippen LogP contribution >= 0.6 is 0 Å². The van der Waals surface area contributed by atoms with E-state index in [-0.39, 0.29) is 5.91 Å². The van der Waals surface area contributed by atoms with Crippen molar-refractivity contribution in [3.63, 3.8) is 0 Å². The number of amides is 1. The average molecular weight is 237 g/mol. The normalized spacial score (nSPS) is 15.4. The lowest BCUT2D eigenvalue weighted by atomic mass is 10.1.